The molecule has 0 aromatic carbocycles. The number of nitrogens with one attached hydrogen (secondary N) is 1. The lowest BCUT2D eigenvalue weighted by molar-refractivity contribution is 0.432. The van der Waals surface area contributed by atoms with E-state index in [1.807, 2.05) is 23.5 Å². The van der Waals surface area contributed by atoms with E-state index in [-0.39, 0.29) is 22.6 Å². The molecule has 2 N–H and O–H groups in total. The molecule has 4 nitrogen and oxygen atoms in total. The Morgan fingerprint density at radius 1 is 1.26 bits per heavy atom. The summed E-state index contributed by atoms with van der Waals surface area (Å²) in [4.78, 5) is 19.4. The normalized spacial score (nSPS) is 24.7. The molecule has 6 heteroatoms. The molecule has 1 saturated carbocycles. The van der Waals surface area contributed by atoms with Crippen LogP contribution in [0, 0.1) is 0 Å². The summed E-state index contributed by atoms with van der Waals surface area (Å²) in [6.45, 7) is 0. The number of rotatable bonds is 2. The molecular weight excluding hydrogens is 280 g/mol. The highest BCUT2D eigenvalue weighted by molar-refractivity contribution is 8.06. The van der Waals surface area contributed by atoms with E-state index in [2.05, 4.69) is 9.97 Å². The van der Waals surface area contributed by atoms with Gasteiger partial charge in [-0.05, 0) is 18.8 Å². The van der Waals surface area contributed by atoms with Gasteiger partial charge in [-0.25, -0.2) is 0 Å². The standard InChI is InChI=1S/C13H18N2O2S2/c16-12-10(8-3-1-2-4-8)13(17)15-11(14-12)9-7-18-5-6-19-9/h8-9H,1-7H2,(H2,14,15,16,17). The molecule has 1 unspecified atom stereocenters. The van der Waals surface area contributed by atoms with Crippen molar-refractivity contribution in [2.75, 3.05) is 17.3 Å². The zero-order valence-electron chi connectivity index (χ0n) is 10.7. The first kappa shape index (κ1) is 13.4. The summed E-state index contributed by atoms with van der Waals surface area (Å²) in [6, 6.07) is 0. The van der Waals surface area contributed by atoms with Crippen LogP contribution in [0.3, 0.4) is 0 Å². The molecule has 19 heavy (non-hydrogen) atoms. The SMILES string of the molecule is O=c1[nH]c(C2CSCCS2)nc(O)c1C1CCCC1. The fourth-order valence-corrected chi connectivity index (χ4v) is 5.49. The number of H-pyrrole nitrogens is 1. The highest BCUT2D eigenvalue weighted by Crippen LogP contribution is 2.38. The Labute approximate surface area is 120 Å². The number of aromatic amines is 1. The van der Waals surface area contributed by atoms with Crippen molar-refractivity contribution in [3.8, 4) is 5.88 Å². The van der Waals surface area contributed by atoms with Crippen molar-refractivity contribution in [3.05, 3.63) is 21.7 Å². The maximum atomic E-state index is 12.2. The highest BCUT2D eigenvalue weighted by Gasteiger charge is 2.26. The number of aromatic hydroxyl groups is 1. The molecule has 1 aliphatic carbocycles. The third-order valence-corrected chi connectivity index (χ3v) is 6.60. The van der Waals surface area contributed by atoms with E-state index >= 15 is 0 Å². The largest absolute Gasteiger partial charge is 0.493 e. The van der Waals surface area contributed by atoms with Crippen molar-refractivity contribution in [2.24, 2.45) is 0 Å². The van der Waals surface area contributed by atoms with Gasteiger partial charge in [-0.2, -0.15) is 16.7 Å². The number of hydrogen-bond donors (Lipinski definition) is 2. The van der Waals surface area contributed by atoms with Gasteiger partial charge < -0.3 is 10.1 Å². The van der Waals surface area contributed by atoms with Crippen molar-refractivity contribution in [2.45, 2.75) is 36.9 Å². The first-order chi connectivity index (χ1) is 9.25. The Bertz CT molecular complexity index is 506. The first-order valence-corrected chi connectivity index (χ1v) is 8.98. The van der Waals surface area contributed by atoms with Gasteiger partial charge in [0.2, 0.25) is 5.88 Å². The van der Waals surface area contributed by atoms with E-state index in [4.69, 9.17) is 0 Å². The molecule has 2 heterocycles. The molecule has 1 atom stereocenters. The van der Waals surface area contributed by atoms with Crippen LogP contribution in [-0.4, -0.2) is 32.3 Å². The average Bonchev–Trinajstić information content (AvgIpc) is 2.93. The van der Waals surface area contributed by atoms with E-state index < -0.39 is 0 Å². The lowest BCUT2D eigenvalue weighted by Crippen LogP contribution is -2.21. The molecule has 2 fully saturated rings. The lowest BCUT2D eigenvalue weighted by Gasteiger charge is -2.20. The lowest BCUT2D eigenvalue weighted by atomic mass is 10.00. The zero-order chi connectivity index (χ0) is 13.2. The molecule has 0 spiro atoms. The van der Waals surface area contributed by atoms with E-state index in [0.717, 1.165) is 42.9 Å². The van der Waals surface area contributed by atoms with Gasteiger partial charge in [0, 0.05) is 17.3 Å². The van der Waals surface area contributed by atoms with E-state index in [9.17, 15) is 9.90 Å². The van der Waals surface area contributed by atoms with Gasteiger partial charge in [-0.1, -0.05) is 12.8 Å². The molecule has 2 aliphatic rings. The van der Waals surface area contributed by atoms with E-state index in [1.165, 1.54) is 0 Å². The van der Waals surface area contributed by atoms with Crippen LogP contribution in [0.2, 0.25) is 0 Å². The Morgan fingerprint density at radius 3 is 2.68 bits per heavy atom. The van der Waals surface area contributed by atoms with Gasteiger partial charge in [-0.15, -0.1) is 11.8 Å². The van der Waals surface area contributed by atoms with Gasteiger partial charge in [0.05, 0.1) is 10.8 Å². The minimum absolute atomic E-state index is 0.0400. The summed E-state index contributed by atoms with van der Waals surface area (Å²) < 4.78 is 0. The van der Waals surface area contributed by atoms with Crippen LogP contribution in [-0.2, 0) is 0 Å². The number of thioether (sulfide) groups is 2. The second-order valence-electron chi connectivity index (χ2n) is 5.10. The molecule has 0 bridgehead atoms. The Balaban J connectivity index is 1.90. The third-order valence-electron chi connectivity index (χ3n) is 3.84. The summed E-state index contributed by atoms with van der Waals surface area (Å²) >= 11 is 3.68. The maximum absolute atomic E-state index is 12.2. The van der Waals surface area contributed by atoms with E-state index in [1.54, 1.807) is 0 Å². The van der Waals surface area contributed by atoms with Gasteiger partial charge in [0.1, 0.15) is 5.82 Å². The van der Waals surface area contributed by atoms with Crippen LogP contribution >= 0.6 is 23.5 Å². The topological polar surface area (TPSA) is 66.0 Å². The molecular formula is C13H18N2O2S2. The second kappa shape index (κ2) is 5.79. The van der Waals surface area contributed by atoms with Crippen LogP contribution in [0.5, 0.6) is 5.88 Å². The number of nitrogens with zero attached hydrogens (tertiary/aromatic N) is 1. The minimum atomic E-state index is -0.134. The van der Waals surface area contributed by atoms with Crippen molar-refractivity contribution in [3.63, 3.8) is 0 Å². The van der Waals surface area contributed by atoms with Crippen molar-refractivity contribution in [1.82, 2.24) is 9.97 Å². The predicted octanol–water partition coefficient (Wildman–Crippen LogP) is 2.65. The van der Waals surface area contributed by atoms with Crippen molar-refractivity contribution in [1.29, 1.82) is 0 Å². The predicted molar refractivity (Wildman–Crippen MR) is 80.3 cm³/mol. The van der Waals surface area contributed by atoms with Crippen LogP contribution in [0.25, 0.3) is 0 Å². The van der Waals surface area contributed by atoms with Gasteiger partial charge in [0.15, 0.2) is 0 Å². The summed E-state index contributed by atoms with van der Waals surface area (Å²) in [7, 11) is 0. The molecule has 1 aromatic rings. The van der Waals surface area contributed by atoms with E-state index in [0.29, 0.717) is 11.4 Å². The summed E-state index contributed by atoms with van der Waals surface area (Å²) in [5.41, 5.74) is 0.375. The molecule has 1 saturated heterocycles. The molecule has 3 rings (SSSR count). The molecule has 0 amide bonds. The third kappa shape index (κ3) is 2.79. The molecule has 0 radical (unpaired) electrons. The van der Waals surface area contributed by atoms with Crippen LogP contribution in [0.15, 0.2) is 4.79 Å². The number of aromatic nitrogens is 2. The maximum Gasteiger partial charge on any atom is 0.258 e. The van der Waals surface area contributed by atoms with Crippen LogP contribution < -0.4 is 5.56 Å². The fourth-order valence-electron chi connectivity index (χ4n) is 2.87. The zero-order valence-corrected chi connectivity index (χ0v) is 12.4. The summed E-state index contributed by atoms with van der Waals surface area (Å²) in [6.07, 6.45) is 4.26. The monoisotopic (exact) mass is 298 g/mol. The van der Waals surface area contributed by atoms with Gasteiger partial charge in [-0.3, -0.25) is 4.79 Å². The Kier molecular flexibility index (Phi) is 4.07. The van der Waals surface area contributed by atoms with Crippen LogP contribution in [0.4, 0.5) is 0 Å². The fraction of sp³-hybridized carbons (Fsp3) is 0.692. The van der Waals surface area contributed by atoms with Crippen molar-refractivity contribution < 1.29 is 5.11 Å². The quantitative estimate of drug-likeness (QED) is 0.878. The molecule has 104 valence electrons. The average molecular weight is 298 g/mol. The first-order valence-electron chi connectivity index (χ1n) is 6.78. The summed E-state index contributed by atoms with van der Waals surface area (Å²) in [5.74, 6) is 3.97. The second-order valence-corrected chi connectivity index (χ2v) is 7.56. The minimum Gasteiger partial charge on any atom is -0.493 e. The Morgan fingerprint density at radius 2 is 2.05 bits per heavy atom. The van der Waals surface area contributed by atoms with Crippen LogP contribution in [0.1, 0.15) is 48.2 Å². The molecule has 1 aliphatic heterocycles. The van der Waals surface area contributed by atoms with Gasteiger partial charge in [0.25, 0.3) is 5.56 Å². The number of hydrogen-bond acceptors (Lipinski definition) is 5. The van der Waals surface area contributed by atoms with Crippen molar-refractivity contribution >= 4 is 23.5 Å². The van der Waals surface area contributed by atoms with Gasteiger partial charge >= 0.3 is 0 Å². The Hall–Kier alpha value is -0.620. The summed E-state index contributed by atoms with van der Waals surface area (Å²) in [5, 5.41) is 10.3. The molecule has 1 aromatic heterocycles. The smallest absolute Gasteiger partial charge is 0.258 e. The highest BCUT2D eigenvalue weighted by atomic mass is 32.2.